The molecule has 88 valence electrons. The molecule has 0 saturated carbocycles. The van der Waals surface area contributed by atoms with Gasteiger partial charge in [-0.05, 0) is 22.0 Å². The SMILES string of the molecule is OCCN1CCN(c2cncc(Br)c2)CC1. The number of pyridine rings is 1. The van der Waals surface area contributed by atoms with E-state index in [0.29, 0.717) is 0 Å². The first kappa shape index (κ1) is 11.8. The lowest BCUT2D eigenvalue weighted by Gasteiger charge is -2.35. The fourth-order valence-electron chi connectivity index (χ4n) is 1.94. The van der Waals surface area contributed by atoms with Gasteiger partial charge in [0.2, 0.25) is 0 Å². The maximum absolute atomic E-state index is 8.87. The molecule has 1 saturated heterocycles. The van der Waals surface area contributed by atoms with Gasteiger partial charge < -0.3 is 10.0 Å². The minimum atomic E-state index is 0.248. The second-order valence-electron chi connectivity index (χ2n) is 3.91. The Balaban J connectivity index is 1.94. The van der Waals surface area contributed by atoms with Crippen molar-refractivity contribution < 1.29 is 5.11 Å². The van der Waals surface area contributed by atoms with Crippen molar-refractivity contribution in [2.75, 3.05) is 44.2 Å². The molecule has 0 spiro atoms. The van der Waals surface area contributed by atoms with E-state index in [2.05, 4.69) is 36.8 Å². The summed E-state index contributed by atoms with van der Waals surface area (Å²) >= 11 is 3.43. The molecule has 2 rings (SSSR count). The van der Waals surface area contributed by atoms with E-state index >= 15 is 0 Å². The number of aromatic nitrogens is 1. The molecular weight excluding hydrogens is 270 g/mol. The van der Waals surface area contributed by atoms with Crippen LogP contribution in [0.5, 0.6) is 0 Å². The Morgan fingerprint density at radius 2 is 2.00 bits per heavy atom. The number of halogens is 1. The molecule has 1 aliphatic heterocycles. The van der Waals surface area contributed by atoms with Crippen molar-refractivity contribution >= 4 is 21.6 Å². The van der Waals surface area contributed by atoms with E-state index in [1.165, 1.54) is 0 Å². The zero-order valence-electron chi connectivity index (χ0n) is 9.14. The predicted octanol–water partition coefficient (Wildman–Crippen LogP) is 0.958. The summed E-state index contributed by atoms with van der Waals surface area (Å²) in [5.41, 5.74) is 1.16. The van der Waals surface area contributed by atoms with E-state index in [4.69, 9.17) is 5.11 Å². The number of aliphatic hydroxyl groups is 1. The molecule has 1 N–H and O–H groups in total. The molecule has 1 fully saturated rings. The molecule has 1 aliphatic rings. The summed E-state index contributed by atoms with van der Waals surface area (Å²) in [6, 6.07) is 2.09. The standard InChI is InChI=1S/C11H16BrN3O/c12-10-7-11(9-13-8-10)15-3-1-14(2-4-15)5-6-16/h7-9,16H,1-6H2. The molecule has 2 heterocycles. The summed E-state index contributed by atoms with van der Waals surface area (Å²) in [4.78, 5) is 8.78. The van der Waals surface area contributed by atoms with Crippen LogP contribution in [-0.2, 0) is 0 Å². The molecule has 1 aromatic rings. The minimum absolute atomic E-state index is 0.248. The largest absolute Gasteiger partial charge is 0.395 e. The first-order valence-corrected chi connectivity index (χ1v) is 6.27. The molecule has 1 aromatic heterocycles. The lowest BCUT2D eigenvalue weighted by molar-refractivity contribution is 0.189. The maximum Gasteiger partial charge on any atom is 0.0564 e. The van der Waals surface area contributed by atoms with Gasteiger partial charge in [-0.3, -0.25) is 9.88 Å². The number of piperazine rings is 1. The highest BCUT2D eigenvalue weighted by Gasteiger charge is 2.16. The molecule has 0 aromatic carbocycles. The van der Waals surface area contributed by atoms with Crippen LogP contribution in [0.3, 0.4) is 0 Å². The molecule has 16 heavy (non-hydrogen) atoms. The number of β-amino-alcohol motifs (C(OH)–C–C–N with tert-alkyl or cyclic N) is 1. The Labute approximate surface area is 104 Å². The fourth-order valence-corrected chi connectivity index (χ4v) is 2.30. The Hall–Kier alpha value is -0.650. The number of rotatable bonds is 3. The quantitative estimate of drug-likeness (QED) is 0.898. The van der Waals surface area contributed by atoms with Gasteiger partial charge in [0.1, 0.15) is 0 Å². The molecule has 0 atom stereocenters. The van der Waals surface area contributed by atoms with E-state index < -0.39 is 0 Å². The van der Waals surface area contributed by atoms with Crippen LogP contribution in [-0.4, -0.2) is 54.3 Å². The maximum atomic E-state index is 8.87. The van der Waals surface area contributed by atoms with Gasteiger partial charge in [-0.15, -0.1) is 0 Å². The first-order chi connectivity index (χ1) is 7.79. The Morgan fingerprint density at radius 1 is 1.25 bits per heavy atom. The third-order valence-electron chi connectivity index (χ3n) is 2.84. The molecule has 0 bridgehead atoms. The van der Waals surface area contributed by atoms with Crippen molar-refractivity contribution in [2.24, 2.45) is 0 Å². The third-order valence-corrected chi connectivity index (χ3v) is 3.28. The van der Waals surface area contributed by atoms with Crippen LogP contribution in [0.25, 0.3) is 0 Å². The molecule has 0 radical (unpaired) electrons. The van der Waals surface area contributed by atoms with Crippen molar-refractivity contribution in [2.45, 2.75) is 0 Å². The van der Waals surface area contributed by atoms with Gasteiger partial charge in [0, 0.05) is 43.4 Å². The van der Waals surface area contributed by atoms with E-state index in [9.17, 15) is 0 Å². The van der Waals surface area contributed by atoms with Crippen LogP contribution in [0.4, 0.5) is 5.69 Å². The van der Waals surface area contributed by atoms with Gasteiger partial charge in [-0.25, -0.2) is 0 Å². The summed E-state index contributed by atoms with van der Waals surface area (Å²) < 4.78 is 1.02. The monoisotopic (exact) mass is 285 g/mol. The predicted molar refractivity (Wildman–Crippen MR) is 67.7 cm³/mol. The number of aliphatic hydroxyl groups excluding tert-OH is 1. The van der Waals surface area contributed by atoms with Gasteiger partial charge in [0.25, 0.3) is 0 Å². The van der Waals surface area contributed by atoms with Crippen molar-refractivity contribution in [1.82, 2.24) is 9.88 Å². The lowest BCUT2D eigenvalue weighted by Crippen LogP contribution is -2.47. The van der Waals surface area contributed by atoms with E-state index in [0.717, 1.165) is 42.9 Å². The Kier molecular flexibility index (Phi) is 4.15. The summed E-state index contributed by atoms with van der Waals surface area (Å²) in [7, 11) is 0. The molecule has 0 aliphatic carbocycles. The average molecular weight is 286 g/mol. The van der Waals surface area contributed by atoms with Gasteiger partial charge in [-0.2, -0.15) is 0 Å². The fraction of sp³-hybridized carbons (Fsp3) is 0.545. The van der Waals surface area contributed by atoms with Crippen LogP contribution in [0.15, 0.2) is 22.9 Å². The van der Waals surface area contributed by atoms with Gasteiger partial charge in [0.15, 0.2) is 0 Å². The number of anilines is 1. The highest BCUT2D eigenvalue weighted by Crippen LogP contribution is 2.19. The second-order valence-corrected chi connectivity index (χ2v) is 4.83. The summed E-state index contributed by atoms with van der Waals surface area (Å²) in [5.74, 6) is 0. The third kappa shape index (κ3) is 2.93. The molecule has 0 unspecified atom stereocenters. The molecule has 0 amide bonds. The normalized spacial score (nSPS) is 17.8. The van der Waals surface area contributed by atoms with Crippen molar-refractivity contribution in [3.8, 4) is 0 Å². The van der Waals surface area contributed by atoms with Crippen LogP contribution < -0.4 is 4.90 Å². The zero-order valence-corrected chi connectivity index (χ0v) is 10.7. The smallest absolute Gasteiger partial charge is 0.0564 e. The zero-order chi connectivity index (χ0) is 11.4. The van der Waals surface area contributed by atoms with Gasteiger partial charge >= 0.3 is 0 Å². The summed E-state index contributed by atoms with van der Waals surface area (Å²) in [5, 5.41) is 8.87. The number of nitrogens with zero attached hydrogens (tertiary/aromatic N) is 3. The van der Waals surface area contributed by atoms with Crippen LogP contribution in [0, 0.1) is 0 Å². The number of hydrogen-bond donors (Lipinski definition) is 1. The second kappa shape index (κ2) is 5.61. The van der Waals surface area contributed by atoms with Crippen LogP contribution >= 0.6 is 15.9 Å². The Morgan fingerprint density at radius 3 is 2.62 bits per heavy atom. The van der Waals surface area contributed by atoms with Gasteiger partial charge in [0.05, 0.1) is 18.5 Å². The molecule has 4 nitrogen and oxygen atoms in total. The van der Waals surface area contributed by atoms with Crippen molar-refractivity contribution in [3.05, 3.63) is 22.9 Å². The van der Waals surface area contributed by atoms with Crippen molar-refractivity contribution in [3.63, 3.8) is 0 Å². The first-order valence-electron chi connectivity index (χ1n) is 5.48. The van der Waals surface area contributed by atoms with Crippen LogP contribution in [0.1, 0.15) is 0 Å². The topological polar surface area (TPSA) is 39.6 Å². The van der Waals surface area contributed by atoms with Crippen LogP contribution in [0.2, 0.25) is 0 Å². The highest BCUT2D eigenvalue weighted by atomic mass is 79.9. The van der Waals surface area contributed by atoms with Gasteiger partial charge in [-0.1, -0.05) is 0 Å². The lowest BCUT2D eigenvalue weighted by atomic mass is 10.3. The van der Waals surface area contributed by atoms with E-state index in [-0.39, 0.29) is 6.61 Å². The van der Waals surface area contributed by atoms with E-state index in [1.54, 1.807) is 6.20 Å². The summed E-state index contributed by atoms with van der Waals surface area (Å²) in [6.45, 7) is 5.04. The summed E-state index contributed by atoms with van der Waals surface area (Å²) in [6.07, 6.45) is 3.69. The number of hydrogen-bond acceptors (Lipinski definition) is 4. The Bertz CT molecular complexity index is 340. The average Bonchev–Trinajstić information content (AvgIpc) is 2.30. The highest BCUT2D eigenvalue weighted by molar-refractivity contribution is 9.10. The molecular formula is C11H16BrN3O. The molecule has 5 heteroatoms. The van der Waals surface area contributed by atoms with E-state index in [1.807, 2.05) is 6.20 Å². The minimum Gasteiger partial charge on any atom is -0.395 e. The van der Waals surface area contributed by atoms with Crippen molar-refractivity contribution in [1.29, 1.82) is 0 Å².